The first-order valence-electron chi connectivity index (χ1n) is 11.9. The largest absolute Gasteiger partial charge is 0.376 e. The van der Waals surface area contributed by atoms with Crippen LogP contribution in [0.3, 0.4) is 0 Å². The average Bonchev–Trinajstić information content (AvgIpc) is 3.46. The number of benzene rings is 2. The van der Waals surface area contributed by atoms with Gasteiger partial charge in [-0.25, -0.2) is 17.8 Å². The summed E-state index contributed by atoms with van der Waals surface area (Å²) in [6.45, 7) is 4.68. The van der Waals surface area contributed by atoms with Gasteiger partial charge in [0.1, 0.15) is 5.82 Å². The van der Waals surface area contributed by atoms with Crippen molar-refractivity contribution in [1.82, 2.24) is 13.9 Å². The summed E-state index contributed by atoms with van der Waals surface area (Å²) in [6.07, 6.45) is 4.13. The Morgan fingerprint density at radius 2 is 1.97 bits per heavy atom. The molecule has 0 spiro atoms. The molecule has 2 aliphatic rings. The van der Waals surface area contributed by atoms with E-state index in [0.29, 0.717) is 41.7 Å². The van der Waals surface area contributed by atoms with E-state index in [1.807, 2.05) is 6.07 Å². The summed E-state index contributed by atoms with van der Waals surface area (Å²) in [5.74, 6) is 0.759. The SMILES string of the molecule is C[C@@H]1CCCN(S(=O)(=O)c2ccc3c(c2)nc(SCc2ccc(F)cc2)n3C[C@H]2CCCO2)C1. The molecule has 34 heavy (non-hydrogen) atoms. The molecule has 2 saturated heterocycles. The molecule has 6 nitrogen and oxygen atoms in total. The molecular formula is C25H30FN3O3S2. The molecule has 2 fully saturated rings. The highest BCUT2D eigenvalue weighted by Crippen LogP contribution is 2.31. The quantitative estimate of drug-likeness (QED) is 0.422. The van der Waals surface area contributed by atoms with E-state index >= 15 is 0 Å². The summed E-state index contributed by atoms with van der Waals surface area (Å²) in [5.41, 5.74) is 2.58. The molecule has 0 bridgehead atoms. The fraction of sp³-hybridized carbons (Fsp3) is 0.480. The van der Waals surface area contributed by atoms with Gasteiger partial charge >= 0.3 is 0 Å². The summed E-state index contributed by atoms with van der Waals surface area (Å²) in [6, 6.07) is 11.8. The van der Waals surface area contributed by atoms with Crippen molar-refractivity contribution in [3.05, 3.63) is 53.8 Å². The van der Waals surface area contributed by atoms with Gasteiger partial charge in [-0.2, -0.15) is 4.31 Å². The number of sulfonamides is 1. The van der Waals surface area contributed by atoms with Crippen molar-refractivity contribution in [2.75, 3.05) is 19.7 Å². The molecule has 3 heterocycles. The molecule has 0 N–H and O–H groups in total. The predicted molar refractivity (Wildman–Crippen MR) is 132 cm³/mol. The van der Waals surface area contributed by atoms with Crippen LogP contribution in [0.25, 0.3) is 11.0 Å². The lowest BCUT2D eigenvalue weighted by atomic mass is 10.0. The van der Waals surface area contributed by atoms with E-state index in [1.165, 1.54) is 12.1 Å². The molecule has 182 valence electrons. The van der Waals surface area contributed by atoms with Crippen molar-refractivity contribution in [2.45, 2.75) is 61.1 Å². The van der Waals surface area contributed by atoms with Gasteiger partial charge in [0.25, 0.3) is 0 Å². The third-order valence-electron chi connectivity index (χ3n) is 6.63. The lowest BCUT2D eigenvalue weighted by Crippen LogP contribution is -2.39. The topological polar surface area (TPSA) is 64.4 Å². The highest BCUT2D eigenvalue weighted by Gasteiger charge is 2.29. The Balaban J connectivity index is 1.46. The van der Waals surface area contributed by atoms with Gasteiger partial charge in [0.05, 0.1) is 28.6 Å². The molecule has 2 aromatic carbocycles. The number of fused-ring (bicyclic) bond motifs is 1. The Bertz CT molecular complexity index is 1250. The van der Waals surface area contributed by atoms with Crippen LogP contribution in [0.4, 0.5) is 4.39 Å². The van der Waals surface area contributed by atoms with Crippen molar-refractivity contribution < 1.29 is 17.5 Å². The van der Waals surface area contributed by atoms with Gasteiger partial charge in [-0.05, 0) is 67.5 Å². The van der Waals surface area contributed by atoms with Crippen molar-refractivity contribution in [3.63, 3.8) is 0 Å². The Labute approximate surface area is 204 Å². The maximum Gasteiger partial charge on any atom is 0.243 e. The summed E-state index contributed by atoms with van der Waals surface area (Å²) in [7, 11) is -3.55. The minimum Gasteiger partial charge on any atom is -0.376 e. The van der Waals surface area contributed by atoms with E-state index in [4.69, 9.17) is 9.72 Å². The molecule has 9 heteroatoms. The number of thioether (sulfide) groups is 1. The highest BCUT2D eigenvalue weighted by molar-refractivity contribution is 7.98. The zero-order valence-corrected chi connectivity index (χ0v) is 21.0. The van der Waals surface area contributed by atoms with Crippen molar-refractivity contribution in [3.8, 4) is 0 Å². The lowest BCUT2D eigenvalue weighted by molar-refractivity contribution is 0.0960. The average molecular weight is 504 g/mol. The van der Waals surface area contributed by atoms with Gasteiger partial charge in [-0.15, -0.1) is 0 Å². The number of halogens is 1. The van der Waals surface area contributed by atoms with E-state index in [0.717, 1.165) is 48.5 Å². The maximum atomic E-state index is 13.3. The summed E-state index contributed by atoms with van der Waals surface area (Å²) < 4.78 is 49.5. The van der Waals surface area contributed by atoms with E-state index in [-0.39, 0.29) is 11.9 Å². The molecule has 5 rings (SSSR count). The summed E-state index contributed by atoms with van der Waals surface area (Å²) in [5, 5.41) is 0.816. The Morgan fingerprint density at radius 3 is 2.71 bits per heavy atom. The third-order valence-corrected chi connectivity index (χ3v) is 9.54. The minimum atomic E-state index is -3.55. The molecule has 3 aromatic rings. The number of imidazole rings is 1. The second-order valence-corrected chi connectivity index (χ2v) is 12.2. The number of ether oxygens (including phenoxy) is 1. The zero-order valence-electron chi connectivity index (χ0n) is 19.3. The van der Waals surface area contributed by atoms with Crippen molar-refractivity contribution in [2.24, 2.45) is 5.92 Å². The van der Waals surface area contributed by atoms with Gasteiger partial charge in [-0.1, -0.05) is 30.8 Å². The molecule has 2 aliphatic heterocycles. The van der Waals surface area contributed by atoms with Gasteiger partial charge in [-0.3, -0.25) is 0 Å². The predicted octanol–water partition coefficient (Wildman–Crippen LogP) is 5.07. The first kappa shape index (κ1) is 23.8. The van der Waals surface area contributed by atoms with Crippen LogP contribution in [-0.4, -0.2) is 48.1 Å². The minimum absolute atomic E-state index is 0.126. The van der Waals surface area contributed by atoms with Crippen LogP contribution in [0.15, 0.2) is 52.5 Å². The Morgan fingerprint density at radius 1 is 1.15 bits per heavy atom. The maximum absolute atomic E-state index is 13.3. The van der Waals surface area contributed by atoms with Gasteiger partial charge < -0.3 is 9.30 Å². The summed E-state index contributed by atoms with van der Waals surface area (Å²) in [4.78, 5) is 5.13. The molecule has 0 amide bonds. The van der Waals surface area contributed by atoms with Crippen molar-refractivity contribution in [1.29, 1.82) is 0 Å². The van der Waals surface area contributed by atoms with Crippen LogP contribution >= 0.6 is 11.8 Å². The monoisotopic (exact) mass is 503 g/mol. The normalized spacial score (nSPS) is 21.9. The molecular weight excluding hydrogens is 473 g/mol. The first-order valence-corrected chi connectivity index (χ1v) is 14.3. The molecule has 0 saturated carbocycles. The van der Waals surface area contributed by atoms with Crippen LogP contribution in [0.5, 0.6) is 0 Å². The standard InChI is InChI=1S/C25H30FN3O3S2/c1-18-4-2-12-28(15-18)34(30,31)22-10-11-24-23(14-22)27-25(29(24)16-21-5-3-13-32-21)33-17-19-6-8-20(26)9-7-19/h6-11,14,18,21H,2-5,12-13,15-17H2,1H3/t18-,21-/m1/s1. The number of rotatable bonds is 7. The van der Waals surface area contributed by atoms with E-state index < -0.39 is 10.0 Å². The van der Waals surface area contributed by atoms with Gasteiger partial charge in [0.2, 0.25) is 10.0 Å². The fourth-order valence-electron chi connectivity index (χ4n) is 4.77. The number of piperidine rings is 1. The van der Waals surface area contributed by atoms with Crippen LogP contribution < -0.4 is 0 Å². The smallest absolute Gasteiger partial charge is 0.243 e. The fourth-order valence-corrected chi connectivity index (χ4v) is 7.37. The number of aromatic nitrogens is 2. The van der Waals surface area contributed by atoms with Crippen molar-refractivity contribution >= 4 is 32.8 Å². The van der Waals surface area contributed by atoms with Crippen LogP contribution in [0.1, 0.15) is 38.2 Å². The number of hydrogen-bond acceptors (Lipinski definition) is 5. The second-order valence-electron chi connectivity index (χ2n) is 9.32. The van der Waals surface area contributed by atoms with Crippen LogP contribution in [0, 0.1) is 11.7 Å². The molecule has 0 radical (unpaired) electrons. The highest BCUT2D eigenvalue weighted by atomic mass is 32.2. The van der Waals surface area contributed by atoms with E-state index in [2.05, 4.69) is 11.5 Å². The van der Waals surface area contributed by atoms with E-state index in [1.54, 1.807) is 40.3 Å². The van der Waals surface area contributed by atoms with Gasteiger partial charge in [0, 0.05) is 25.4 Å². The second kappa shape index (κ2) is 9.97. The molecule has 0 unspecified atom stereocenters. The number of hydrogen-bond donors (Lipinski definition) is 0. The number of nitrogens with zero attached hydrogens (tertiary/aromatic N) is 3. The zero-order chi connectivity index (χ0) is 23.7. The van der Waals surface area contributed by atoms with Crippen LogP contribution in [0.2, 0.25) is 0 Å². The van der Waals surface area contributed by atoms with E-state index in [9.17, 15) is 12.8 Å². The van der Waals surface area contributed by atoms with Crippen LogP contribution in [-0.2, 0) is 27.1 Å². The molecule has 1 aromatic heterocycles. The Hall–Kier alpha value is -1.94. The summed E-state index contributed by atoms with van der Waals surface area (Å²) >= 11 is 1.57. The first-order chi connectivity index (χ1) is 16.4. The lowest BCUT2D eigenvalue weighted by Gasteiger charge is -2.30. The Kier molecular flexibility index (Phi) is 6.97. The molecule has 2 atom stereocenters. The third kappa shape index (κ3) is 5.03. The van der Waals surface area contributed by atoms with Gasteiger partial charge in [0.15, 0.2) is 5.16 Å². The molecule has 0 aliphatic carbocycles.